The first-order chi connectivity index (χ1) is 12.0. The molecule has 4 nitrogen and oxygen atoms in total. The van der Waals surface area contributed by atoms with Gasteiger partial charge in [0.2, 0.25) is 0 Å². The Morgan fingerprint density at radius 2 is 1.88 bits per heavy atom. The number of benzene rings is 2. The van der Waals surface area contributed by atoms with Gasteiger partial charge in [0.15, 0.2) is 5.96 Å². The van der Waals surface area contributed by atoms with Crippen LogP contribution in [0.2, 0.25) is 0 Å². The first-order valence-electron chi connectivity index (χ1n) is 8.13. The minimum atomic E-state index is -0.466. The molecule has 142 valence electrons. The Bertz CT molecular complexity index is 754. The minimum Gasteiger partial charge on any atom is -0.496 e. The molecule has 0 aliphatic rings. The van der Waals surface area contributed by atoms with Crippen molar-refractivity contribution in [3.05, 3.63) is 64.7 Å². The lowest BCUT2D eigenvalue weighted by atomic mass is 10.1. The van der Waals surface area contributed by atoms with Crippen LogP contribution in [0, 0.1) is 18.6 Å². The number of ether oxygens (including phenoxy) is 1. The van der Waals surface area contributed by atoms with E-state index in [0.29, 0.717) is 19.0 Å². The summed E-state index contributed by atoms with van der Waals surface area (Å²) in [5.74, 6) is 0.429. The number of aliphatic imine (C=N–C) groups is 1. The molecule has 0 aromatic heterocycles. The van der Waals surface area contributed by atoms with E-state index in [9.17, 15) is 8.78 Å². The monoisotopic (exact) mass is 475 g/mol. The van der Waals surface area contributed by atoms with Crippen LogP contribution in [0.5, 0.6) is 5.75 Å². The van der Waals surface area contributed by atoms with Gasteiger partial charge in [-0.15, -0.1) is 24.0 Å². The molecule has 0 spiro atoms. The zero-order valence-electron chi connectivity index (χ0n) is 15.1. The van der Waals surface area contributed by atoms with Crippen molar-refractivity contribution in [2.24, 2.45) is 4.99 Å². The Hall–Kier alpha value is -1.90. The number of hydrogen-bond acceptors (Lipinski definition) is 2. The maximum absolute atomic E-state index is 13.7. The maximum atomic E-state index is 13.7. The molecule has 26 heavy (non-hydrogen) atoms. The normalized spacial score (nSPS) is 10.9. The quantitative estimate of drug-likeness (QED) is 0.375. The van der Waals surface area contributed by atoms with E-state index in [1.165, 1.54) is 6.07 Å². The third-order valence-electron chi connectivity index (χ3n) is 3.69. The van der Waals surface area contributed by atoms with E-state index in [4.69, 9.17) is 4.74 Å². The number of hydrogen-bond donors (Lipinski definition) is 2. The molecule has 0 saturated heterocycles. The average molecular weight is 475 g/mol. The lowest BCUT2D eigenvalue weighted by molar-refractivity contribution is 0.411. The summed E-state index contributed by atoms with van der Waals surface area (Å²) in [4.78, 5) is 4.48. The van der Waals surface area contributed by atoms with E-state index >= 15 is 0 Å². The highest BCUT2D eigenvalue weighted by atomic mass is 127. The average Bonchev–Trinajstić information content (AvgIpc) is 2.61. The van der Waals surface area contributed by atoms with E-state index in [1.807, 2.05) is 32.0 Å². The Labute approximate surface area is 170 Å². The second-order valence-electron chi connectivity index (χ2n) is 5.59. The van der Waals surface area contributed by atoms with E-state index < -0.39 is 11.6 Å². The molecule has 0 aliphatic heterocycles. The van der Waals surface area contributed by atoms with Gasteiger partial charge in [0.25, 0.3) is 0 Å². The SMILES string of the molecule is CCNC(=NCc1ccc(C)c(OC)c1)NCc1cc(F)ccc1F.I. The third kappa shape index (κ3) is 6.44. The fourth-order valence-corrected chi connectivity index (χ4v) is 2.33. The van der Waals surface area contributed by atoms with Crippen LogP contribution in [0.4, 0.5) is 8.78 Å². The molecule has 0 saturated carbocycles. The van der Waals surface area contributed by atoms with Crippen molar-refractivity contribution in [1.29, 1.82) is 0 Å². The lowest BCUT2D eigenvalue weighted by Gasteiger charge is -2.12. The Kier molecular flexibility index (Phi) is 9.32. The summed E-state index contributed by atoms with van der Waals surface area (Å²) < 4.78 is 32.3. The van der Waals surface area contributed by atoms with Gasteiger partial charge in [-0.3, -0.25) is 0 Å². The summed E-state index contributed by atoms with van der Waals surface area (Å²) in [5.41, 5.74) is 2.31. The van der Waals surface area contributed by atoms with E-state index in [-0.39, 0.29) is 36.1 Å². The Morgan fingerprint density at radius 1 is 1.12 bits per heavy atom. The predicted molar refractivity (Wildman–Crippen MR) is 111 cm³/mol. The largest absolute Gasteiger partial charge is 0.496 e. The van der Waals surface area contributed by atoms with Gasteiger partial charge in [-0.2, -0.15) is 0 Å². The second kappa shape index (κ2) is 10.9. The zero-order valence-corrected chi connectivity index (χ0v) is 17.4. The zero-order chi connectivity index (χ0) is 18.2. The topological polar surface area (TPSA) is 45.7 Å². The maximum Gasteiger partial charge on any atom is 0.191 e. The molecule has 0 unspecified atom stereocenters. The summed E-state index contributed by atoms with van der Waals surface area (Å²) in [6.45, 7) is 5.17. The molecular formula is C19H24F2IN3O. The van der Waals surface area contributed by atoms with Crippen molar-refractivity contribution in [3.8, 4) is 5.75 Å². The highest BCUT2D eigenvalue weighted by molar-refractivity contribution is 14.0. The Balaban J connectivity index is 0.00000338. The molecular weight excluding hydrogens is 451 g/mol. The molecule has 7 heteroatoms. The van der Waals surface area contributed by atoms with Gasteiger partial charge in [-0.05, 0) is 49.2 Å². The Morgan fingerprint density at radius 3 is 2.58 bits per heavy atom. The number of halogens is 3. The van der Waals surface area contributed by atoms with Gasteiger partial charge in [-0.25, -0.2) is 13.8 Å². The fraction of sp³-hybridized carbons (Fsp3) is 0.316. The first kappa shape index (κ1) is 22.1. The van der Waals surface area contributed by atoms with Gasteiger partial charge >= 0.3 is 0 Å². The summed E-state index contributed by atoms with van der Waals surface area (Å²) >= 11 is 0. The van der Waals surface area contributed by atoms with Crippen molar-refractivity contribution < 1.29 is 13.5 Å². The van der Waals surface area contributed by atoms with Crippen LogP contribution >= 0.6 is 24.0 Å². The van der Waals surface area contributed by atoms with E-state index in [1.54, 1.807) is 7.11 Å². The predicted octanol–water partition coefficient (Wildman–Crippen LogP) is 4.16. The minimum absolute atomic E-state index is 0. The number of aryl methyl sites for hydroxylation is 1. The highest BCUT2D eigenvalue weighted by Crippen LogP contribution is 2.19. The lowest BCUT2D eigenvalue weighted by Crippen LogP contribution is -2.37. The molecule has 0 bridgehead atoms. The summed E-state index contributed by atoms with van der Waals surface area (Å²) in [6.07, 6.45) is 0. The van der Waals surface area contributed by atoms with Gasteiger partial charge < -0.3 is 15.4 Å². The van der Waals surface area contributed by atoms with Crippen molar-refractivity contribution in [1.82, 2.24) is 10.6 Å². The van der Waals surface area contributed by atoms with E-state index in [2.05, 4.69) is 15.6 Å². The van der Waals surface area contributed by atoms with Crippen LogP contribution in [-0.2, 0) is 13.1 Å². The van der Waals surface area contributed by atoms with Crippen molar-refractivity contribution in [2.75, 3.05) is 13.7 Å². The number of nitrogens with one attached hydrogen (secondary N) is 2. The molecule has 2 N–H and O–H groups in total. The number of guanidine groups is 1. The second-order valence-corrected chi connectivity index (χ2v) is 5.59. The molecule has 2 rings (SSSR count). The molecule has 0 atom stereocenters. The van der Waals surface area contributed by atoms with Crippen molar-refractivity contribution in [2.45, 2.75) is 26.9 Å². The summed E-state index contributed by atoms with van der Waals surface area (Å²) in [6, 6.07) is 9.30. The van der Waals surface area contributed by atoms with Gasteiger partial charge in [0.05, 0.1) is 13.7 Å². The number of nitrogens with zero attached hydrogens (tertiary/aromatic N) is 1. The van der Waals surface area contributed by atoms with Crippen LogP contribution in [0.15, 0.2) is 41.4 Å². The molecule has 0 aliphatic carbocycles. The molecule has 2 aromatic rings. The third-order valence-corrected chi connectivity index (χ3v) is 3.69. The van der Waals surface area contributed by atoms with Crippen molar-refractivity contribution >= 4 is 29.9 Å². The van der Waals surface area contributed by atoms with Crippen LogP contribution < -0.4 is 15.4 Å². The molecule has 2 aromatic carbocycles. The molecule has 0 heterocycles. The summed E-state index contributed by atoms with van der Waals surface area (Å²) in [5, 5.41) is 6.10. The van der Waals surface area contributed by atoms with Crippen LogP contribution in [0.3, 0.4) is 0 Å². The molecule has 0 fully saturated rings. The van der Waals surface area contributed by atoms with Crippen LogP contribution in [-0.4, -0.2) is 19.6 Å². The smallest absolute Gasteiger partial charge is 0.191 e. The van der Waals surface area contributed by atoms with Crippen molar-refractivity contribution in [3.63, 3.8) is 0 Å². The van der Waals surface area contributed by atoms with Gasteiger partial charge in [-0.1, -0.05) is 12.1 Å². The van der Waals surface area contributed by atoms with Crippen LogP contribution in [0.1, 0.15) is 23.6 Å². The fourth-order valence-electron chi connectivity index (χ4n) is 2.33. The molecule has 0 radical (unpaired) electrons. The van der Waals surface area contributed by atoms with Crippen LogP contribution in [0.25, 0.3) is 0 Å². The van der Waals surface area contributed by atoms with E-state index in [0.717, 1.165) is 29.0 Å². The van der Waals surface area contributed by atoms with Gasteiger partial charge in [0.1, 0.15) is 17.4 Å². The standard InChI is InChI=1S/C19H23F2N3O.HI/c1-4-22-19(24-12-15-10-16(20)7-8-17(15)21)23-11-14-6-5-13(2)18(9-14)25-3;/h5-10H,4,11-12H2,1-3H3,(H2,22,23,24);1H. The summed E-state index contributed by atoms with van der Waals surface area (Å²) in [7, 11) is 1.63. The number of methoxy groups -OCH3 is 1. The number of rotatable bonds is 6. The highest BCUT2D eigenvalue weighted by Gasteiger charge is 2.06. The first-order valence-corrected chi connectivity index (χ1v) is 8.13. The van der Waals surface area contributed by atoms with Gasteiger partial charge in [0, 0.05) is 18.7 Å². The molecule has 0 amide bonds.